The zero-order valence-electron chi connectivity index (χ0n) is 10.1. The number of likely N-dealkylation sites (N-methyl/N-ethyl adjacent to an activating group) is 1. The number of methoxy groups -OCH3 is 1. The van der Waals surface area contributed by atoms with Crippen molar-refractivity contribution >= 4 is 46.6 Å². The van der Waals surface area contributed by atoms with Crippen molar-refractivity contribution < 1.29 is 14.3 Å². The SMILES string of the molecule is COC(=O)CN(C)C(=O)CSCc1ccc(Cl)s1. The minimum Gasteiger partial charge on any atom is -0.468 e. The smallest absolute Gasteiger partial charge is 0.325 e. The van der Waals surface area contributed by atoms with E-state index in [1.165, 1.54) is 35.1 Å². The van der Waals surface area contributed by atoms with Crippen LogP contribution in [0.15, 0.2) is 12.1 Å². The van der Waals surface area contributed by atoms with Gasteiger partial charge in [0.15, 0.2) is 0 Å². The van der Waals surface area contributed by atoms with E-state index < -0.39 is 5.97 Å². The normalized spacial score (nSPS) is 10.2. The van der Waals surface area contributed by atoms with E-state index in [0.29, 0.717) is 5.75 Å². The highest BCUT2D eigenvalue weighted by Gasteiger charge is 2.13. The standard InChI is InChI=1S/C11H14ClNO3S2/c1-13(5-11(15)16-2)10(14)7-17-6-8-3-4-9(12)18-8/h3-4H,5-7H2,1-2H3. The largest absolute Gasteiger partial charge is 0.468 e. The third-order valence-electron chi connectivity index (χ3n) is 2.12. The molecule has 0 aliphatic rings. The van der Waals surface area contributed by atoms with Crippen molar-refractivity contribution in [1.29, 1.82) is 0 Å². The summed E-state index contributed by atoms with van der Waals surface area (Å²) in [5.74, 6) is 0.576. The van der Waals surface area contributed by atoms with E-state index in [9.17, 15) is 9.59 Å². The van der Waals surface area contributed by atoms with Crippen molar-refractivity contribution in [3.63, 3.8) is 0 Å². The van der Waals surface area contributed by atoms with E-state index in [1.807, 2.05) is 12.1 Å². The number of amides is 1. The monoisotopic (exact) mass is 307 g/mol. The van der Waals surface area contributed by atoms with Crippen LogP contribution in [0, 0.1) is 0 Å². The van der Waals surface area contributed by atoms with Gasteiger partial charge in [-0.3, -0.25) is 9.59 Å². The van der Waals surface area contributed by atoms with E-state index in [-0.39, 0.29) is 12.5 Å². The molecular weight excluding hydrogens is 294 g/mol. The van der Waals surface area contributed by atoms with Gasteiger partial charge in [0.2, 0.25) is 5.91 Å². The summed E-state index contributed by atoms with van der Waals surface area (Å²) in [5, 5.41) is 0. The Balaban J connectivity index is 2.26. The predicted molar refractivity (Wildman–Crippen MR) is 75.1 cm³/mol. The maximum atomic E-state index is 11.7. The maximum Gasteiger partial charge on any atom is 0.325 e. The number of carbonyl (C=O) groups is 2. The predicted octanol–water partition coefficient (Wildman–Crippen LogP) is 2.27. The second-order valence-corrected chi connectivity index (χ2v) is 6.31. The summed E-state index contributed by atoms with van der Waals surface area (Å²) in [6, 6.07) is 3.79. The number of rotatable bonds is 6. The molecule has 1 rings (SSSR count). The molecule has 7 heteroatoms. The number of hydrogen-bond donors (Lipinski definition) is 0. The number of thioether (sulfide) groups is 1. The van der Waals surface area contributed by atoms with E-state index in [0.717, 1.165) is 15.0 Å². The number of carbonyl (C=O) groups excluding carboxylic acids is 2. The minimum atomic E-state index is -0.416. The van der Waals surface area contributed by atoms with Crippen LogP contribution in [0.4, 0.5) is 0 Å². The van der Waals surface area contributed by atoms with Gasteiger partial charge in [-0.25, -0.2) is 0 Å². The number of esters is 1. The molecule has 0 saturated carbocycles. The van der Waals surface area contributed by atoms with Crippen molar-refractivity contribution in [3.8, 4) is 0 Å². The molecule has 4 nitrogen and oxygen atoms in total. The molecule has 0 unspecified atom stereocenters. The molecule has 1 aromatic heterocycles. The van der Waals surface area contributed by atoms with Gasteiger partial charge in [-0.05, 0) is 12.1 Å². The van der Waals surface area contributed by atoms with Crippen LogP contribution in [0.5, 0.6) is 0 Å². The molecule has 0 aromatic carbocycles. The second kappa shape index (κ2) is 7.66. The Kier molecular flexibility index (Phi) is 6.52. The molecule has 0 aliphatic heterocycles. The molecule has 0 N–H and O–H groups in total. The summed E-state index contributed by atoms with van der Waals surface area (Å²) in [4.78, 5) is 25.1. The van der Waals surface area contributed by atoms with Crippen LogP contribution in [0.1, 0.15) is 4.88 Å². The Hall–Kier alpha value is -0.720. The van der Waals surface area contributed by atoms with Gasteiger partial charge in [0.05, 0.1) is 17.2 Å². The van der Waals surface area contributed by atoms with Gasteiger partial charge in [0.1, 0.15) is 6.54 Å². The highest BCUT2D eigenvalue weighted by Crippen LogP contribution is 2.25. The first kappa shape index (κ1) is 15.3. The van der Waals surface area contributed by atoms with Crippen molar-refractivity contribution in [2.45, 2.75) is 5.75 Å². The number of halogens is 1. The van der Waals surface area contributed by atoms with Crippen LogP contribution in [-0.4, -0.2) is 43.2 Å². The molecule has 18 heavy (non-hydrogen) atoms. The maximum absolute atomic E-state index is 11.7. The van der Waals surface area contributed by atoms with Crippen LogP contribution >= 0.6 is 34.7 Å². The van der Waals surface area contributed by atoms with E-state index in [4.69, 9.17) is 11.6 Å². The van der Waals surface area contributed by atoms with E-state index in [1.54, 1.807) is 7.05 Å². The van der Waals surface area contributed by atoms with Gasteiger partial charge in [-0.2, -0.15) is 0 Å². The molecule has 0 aliphatic carbocycles. The third-order valence-corrected chi connectivity index (χ3v) is 4.50. The fourth-order valence-electron chi connectivity index (χ4n) is 1.12. The van der Waals surface area contributed by atoms with Crippen molar-refractivity contribution in [1.82, 2.24) is 4.90 Å². The Labute approximate surface area is 119 Å². The number of thiophene rings is 1. The van der Waals surface area contributed by atoms with Gasteiger partial charge in [-0.1, -0.05) is 11.6 Å². The van der Waals surface area contributed by atoms with Gasteiger partial charge < -0.3 is 9.64 Å². The van der Waals surface area contributed by atoms with Gasteiger partial charge in [-0.15, -0.1) is 23.1 Å². The topological polar surface area (TPSA) is 46.6 Å². The molecule has 100 valence electrons. The number of nitrogens with zero attached hydrogens (tertiary/aromatic N) is 1. The van der Waals surface area contributed by atoms with Gasteiger partial charge in [0.25, 0.3) is 0 Å². The minimum absolute atomic E-state index is 0.0132. The van der Waals surface area contributed by atoms with Crippen LogP contribution in [-0.2, 0) is 20.1 Å². The lowest BCUT2D eigenvalue weighted by molar-refractivity contribution is -0.145. The van der Waals surface area contributed by atoms with Crippen LogP contribution in [0.25, 0.3) is 0 Å². The first-order valence-electron chi connectivity index (χ1n) is 5.15. The summed E-state index contributed by atoms with van der Waals surface area (Å²) < 4.78 is 5.24. The summed E-state index contributed by atoms with van der Waals surface area (Å²) in [7, 11) is 2.89. The Morgan fingerprint density at radius 2 is 2.22 bits per heavy atom. The molecule has 1 heterocycles. The summed E-state index contributed by atoms with van der Waals surface area (Å²) in [6.45, 7) is -0.0132. The van der Waals surface area contributed by atoms with Crippen LogP contribution < -0.4 is 0 Å². The van der Waals surface area contributed by atoms with Gasteiger partial charge in [0, 0.05) is 17.7 Å². The lowest BCUT2D eigenvalue weighted by Crippen LogP contribution is -2.33. The first-order chi connectivity index (χ1) is 8.52. The highest BCUT2D eigenvalue weighted by atomic mass is 35.5. The average molecular weight is 308 g/mol. The molecule has 1 aromatic rings. The fourth-order valence-corrected chi connectivity index (χ4v) is 3.29. The quantitative estimate of drug-likeness (QED) is 0.756. The number of hydrogen-bond acceptors (Lipinski definition) is 5. The highest BCUT2D eigenvalue weighted by molar-refractivity contribution is 7.99. The molecule has 1 amide bonds. The molecule has 0 spiro atoms. The van der Waals surface area contributed by atoms with Crippen LogP contribution in [0.2, 0.25) is 4.34 Å². The molecule has 0 radical (unpaired) electrons. The summed E-state index contributed by atoms with van der Waals surface area (Å²) in [6.07, 6.45) is 0. The molecule has 0 bridgehead atoms. The van der Waals surface area contributed by atoms with Gasteiger partial charge >= 0.3 is 5.97 Å². The Morgan fingerprint density at radius 1 is 1.50 bits per heavy atom. The van der Waals surface area contributed by atoms with Crippen molar-refractivity contribution in [2.24, 2.45) is 0 Å². The average Bonchev–Trinajstić information content (AvgIpc) is 2.74. The van der Waals surface area contributed by atoms with Crippen molar-refractivity contribution in [2.75, 3.05) is 26.5 Å². The Bertz CT molecular complexity index is 422. The Morgan fingerprint density at radius 3 is 2.78 bits per heavy atom. The molecule has 0 fully saturated rings. The molecule has 0 saturated heterocycles. The third kappa shape index (κ3) is 5.29. The molecular formula is C11H14ClNO3S2. The van der Waals surface area contributed by atoms with Crippen molar-refractivity contribution in [3.05, 3.63) is 21.3 Å². The second-order valence-electron chi connectivity index (χ2n) is 3.52. The van der Waals surface area contributed by atoms with E-state index >= 15 is 0 Å². The molecule has 0 atom stereocenters. The number of ether oxygens (including phenoxy) is 1. The fraction of sp³-hybridized carbons (Fsp3) is 0.455. The summed E-state index contributed by atoms with van der Waals surface area (Å²) >= 11 is 8.82. The zero-order chi connectivity index (χ0) is 13.5. The lowest BCUT2D eigenvalue weighted by Gasteiger charge is -2.14. The van der Waals surface area contributed by atoms with E-state index in [2.05, 4.69) is 4.74 Å². The zero-order valence-corrected chi connectivity index (χ0v) is 12.5. The lowest BCUT2D eigenvalue weighted by atomic mass is 10.5. The summed E-state index contributed by atoms with van der Waals surface area (Å²) in [5.41, 5.74) is 0. The first-order valence-corrected chi connectivity index (χ1v) is 7.50. The van der Waals surface area contributed by atoms with Crippen LogP contribution in [0.3, 0.4) is 0 Å².